The highest BCUT2D eigenvalue weighted by Crippen LogP contribution is 2.33. The minimum atomic E-state index is -0.246. The normalized spacial score (nSPS) is 12.2. The number of benzene rings is 1. The zero-order valence-electron chi connectivity index (χ0n) is 12.7. The average Bonchev–Trinajstić information content (AvgIpc) is 2.46. The molecule has 112 valence electrons. The smallest absolute Gasteiger partial charge is 0.132 e. The fourth-order valence-corrected chi connectivity index (χ4v) is 2.27. The Labute approximate surface area is 121 Å². The molecule has 1 aromatic rings. The van der Waals surface area contributed by atoms with Gasteiger partial charge in [0.15, 0.2) is 0 Å². The van der Waals surface area contributed by atoms with Crippen molar-refractivity contribution in [3.05, 3.63) is 29.6 Å². The van der Waals surface area contributed by atoms with E-state index in [4.69, 9.17) is 4.74 Å². The van der Waals surface area contributed by atoms with Crippen LogP contribution in [0.3, 0.4) is 0 Å². The topological polar surface area (TPSA) is 26.3 Å². The summed E-state index contributed by atoms with van der Waals surface area (Å²) in [5.41, 5.74) is 0.893. The van der Waals surface area contributed by atoms with Crippen LogP contribution < -0.4 is 4.74 Å². The van der Waals surface area contributed by atoms with Gasteiger partial charge in [0, 0.05) is 18.4 Å². The minimum Gasteiger partial charge on any atom is -0.493 e. The first-order chi connectivity index (χ1) is 9.62. The van der Waals surface area contributed by atoms with Gasteiger partial charge in [0.05, 0.1) is 6.61 Å². The second-order valence-electron chi connectivity index (χ2n) is 5.07. The number of ketones is 1. The van der Waals surface area contributed by atoms with Gasteiger partial charge in [-0.2, -0.15) is 0 Å². The first-order valence-electron chi connectivity index (χ1n) is 7.56. The van der Waals surface area contributed by atoms with Gasteiger partial charge in [-0.1, -0.05) is 20.8 Å². The van der Waals surface area contributed by atoms with E-state index in [1.54, 1.807) is 12.1 Å². The van der Waals surface area contributed by atoms with E-state index in [9.17, 15) is 9.18 Å². The summed E-state index contributed by atoms with van der Waals surface area (Å²) in [4.78, 5) is 11.5. The number of carbonyl (C=O) groups is 1. The maximum absolute atomic E-state index is 13.5. The van der Waals surface area contributed by atoms with Crippen LogP contribution in [0, 0.1) is 5.82 Å². The molecule has 0 amide bonds. The van der Waals surface area contributed by atoms with Crippen molar-refractivity contribution in [1.82, 2.24) is 0 Å². The summed E-state index contributed by atoms with van der Waals surface area (Å²) in [6.45, 7) is 6.61. The summed E-state index contributed by atoms with van der Waals surface area (Å²) in [7, 11) is 0. The molecule has 0 saturated heterocycles. The molecule has 3 heteroatoms. The Kier molecular flexibility index (Phi) is 7.27. The molecule has 0 N–H and O–H groups in total. The van der Waals surface area contributed by atoms with Crippen LogP contribution in [-0.4, -0.2) is 12.4 Å². The van der Waals surface area contributed by atoms with E-state index >= 15 is 0 Å². The SMILES string of the molecule is CCCOc1ccc(F)cc1C(CC)CCC(=O)CC. The van der Waals surface area contributed by atoms with E-state index in [1.165, 1.54) is 6.07 Å². The Balaban J connectivity index is 2.88. The molecule has 0 spiro atoms. The minimum absolute atomic E-state index is 0.174. The largest absolute Gasteiger partial charge is 0.493 e. The van der Waals surface area contributed by atoms with Crippen molar-refractivity contribution in [3.8, 4) is 5.75 Å². The number of hydrogen-bond donors (Lipinski definition) is 0. The van der Waals surface area contributed by atoms with Crippen LogP contribution in [0.1, 0.15) is 64.4 Å². The van der Waals surface area contributed by atoms with Gasteiger partial charge in [-0.05, 0) is 43.4 Å². The lowest BCUT2D eigenvalue weighted by Crippen LogP contribution is -2.06. The van der Waals surface area contributed by atoms with Gasteiger partial charge >= 0.3 is 0 Å². The number of halogens is 1. The van der Waals surface area contributed by atoms with Crippen LogP contribution in [0.15, 0.2) is 18.2 Å². The zero-order valence-corrected chi connectivity index (χ0v) is 12.7. The summed E-state index contributed by atoms with van der Waals surface area (Å²) < 4.78 is 19.2. The van der Waals surface area contributed by atoms with Gasteiger partial charge in [-0.25, -0.2) is 4.39 Å². The quantitative estimate of drug-likeness (QED) is 0.645. The van der Waals surface area contributed by atoms with Crippen molar-refractivity contribution in [3.63, 3.8) is 0 Å². The molecular formula is C17H25FO2. The second kappa shape index (κ2) is 8.72. The summed E-state index contributed by atoms with van der Waals surface area (Å²) in [5, 5.41) is 0. The molecule has 0 aliphatic heterocycles. The van der Waals surface area contributed by atoms with Gasteiger partial charge in [0.1, 0.15) is 17.3 Å². The van der Waals surface area contributed by atoms with Crippen molar-refractivity contribution in [2.45, 2.75) is 58.8 Å². The maximum atomic E-state index is 13.5. The van der Waals surface area contributed by atoms with Crippen LogP contribution in [0.4, 0.5) is 4.39 Å². The van der Waals surface area contributed by atoms with Gasteiger partial charge in [-0.15, -0.1) is 0 Å². The van der Waals surface area contributed by atoms with E-state index in [2.05, 4.69) is 6.92 Å². The predicted octanol–water partition coefficient (Wildman–Crippen LogP) is 4.87. The lowest BCUT2D eigenvalue weighted by molar-refractivity contribution is -0.118. The molecule has 1 atom stereocenters. The maximum Gasteiger partial charge on any atom is 0.132 e. The summed E-state index contributed by atoms with van der Waals surface area (Å²) in [5.74, 6) is 0.942. The first kappa shape index (κ1) is 16.7. The first-order valence-corrected chi connectivity index (χ1v) is 7.56. The molecule has 0 heterocycles. The van der Waals surface area contributed by atoms with E-state index in [1.807, 2.05) is 13.8 Å². The number of hydrogen-bond acceptors (Lipinski definition) is 2. The highest BCUT2D eigenvalue weighted by Gasteiger charge is 2.17. The van der Waals surface area contributed by atoms with Gasteiger partial charge in [-0.3, -0.25) is 4.79 Å². The van der Waals surface area contributed by atoms with Crippen LogP contribution in [0.25, 0.3) is 0 Å². The Morgan fingerprint density at radius 3 is 2.65 bits per heavy atom. The number of carbonyl (C=O) groups excluding carboxylic acids is 1. The van der Waals surface area contributed by atoms with E-state index in [0.717, 1.165) is 30.6 Å². The van der Waals surface area contributed by atoms with Crippen molar-refractivity contribution in [1.29, 1.82) is 0 Å². The van der Waals surface area contributed by atoms with Crippen LogP contribution in [-0.2, 0) is 4.79 Å². The van der Waals surface area contributed by atoms with Crippen LogP contribution in [0.2, 0.25) is 0 Å². The van der Waals surface area contributed by atoms with E-state index < -0.39 is 0 Å². The third-order valence-electron chi connectivity index (χ3n) is 3.53. The average molecular weight is 280 g/mol. The molecule has 0 fully saturated rings. The Hall–Kier alpha value is -1.38. The summed E-state index contributed by atoms with van der Waals surface area (Å²) in [6, 6.07) is 4.68. The Morgan fingerprint density at radius 1 is 1.30 bits per heavy atom. The Bertz CT molecular complexity index is 429. The molecular weight excluding hydrogens is 255 g/mol. The molecule has 0 aromatic heterocycles. The summed E-state index contributed by atoms with van der Waals surface area (Å²) in [6.07, 6.45) is 3.68. The third kappa shape index (κ3) is 4.95. The predicted molar refractivity (Wildman–Crippen MR) is 79.8 cm³/mol. The molecule has 1 unspecified atom stereocenters. The highest BCUT2D eigenvalue weighted by atomic mass is 19.1. The van der Waals surface area contributed by atoms with Gasteiger partial charge in [0.25, 0.3) is 0 Å². The monoisotopic (exact) mass is 280 g/mol. The zero-order chi connectivity index (χ0) is 15.0. The fraction of sp³-hybridized carbons (Fsp3) is 0.588. The molecule has 0 saturated carbocycles. The molecule has 20 heavy (non-hydrogen) atoms. The molecule has 1 aromatic carbocycles. The van der Waals surface area contributed by atoms with Gasteiger partial charge < -0.3 is 4.74 Å². The van der Waals surface area contributed by atoms with Gasteiger partial charge in [0.2, 0.25) is 0 Å². The number of Topliss-reactive ketones (excluding diaryl/α,β-unsaturated/α-hetero) is 1. The molecule has 0 aliphatic carbocycles. The van der Waals surface area contributed by atoms with E-state index in [-0.39, 0.29) is 17.5 Å². The molecule has 2 nitrogen and oxygen atoms in total. The van der Waals surface area contributed by atoms with Crippen LogP contribution >= 0.6 is 0 Å². The molecule has 0 radical (unpaired) electrons. The van der Waals surface area contributed by atoms with Crippen molar-refractivity contribution >= 4 is 5.78 Å². The summed E-state index contributed by atoms with van der Waals surface area (Å²) >= 11 is 0. The van der Waals surface area contributed by atoms with Crippen molar-refractivity contribution in [2.24, 2.45) is 0 Å². The molecule has 0 bridgehead atoms. The fourth-order valence-electron chi connectivity index (χ4n) is 2.27. The van der Waals surface area contributed by atoms with Crippen molar-refractivity contribution in [2.75, 3.05) is 6.61 Å². The van der Waals surface area contributed by atoms with E-state index in [0.29, 0.717) is 19.4 Å². The third-order valence-corrected chi connectivity index (χ3v) is 3.53. The number of rotatable bonds is 9. The second-order valence-corrected chi connectivity index (χ2v) is 5.07. The Morgan fingerprint density at radius 2 is 2.05 bits per heavy atom. The lowest BCUT2D eigenvalue weighted by Gasteiger charge is -2.19. The molecule has 0 aliphatic rings. The van der Waals surface area contributed by atoms with Crippen molar-refractivity contribution < 1.29 is 13.9 Å². The number of ether oxygens (including phenoxy) is 1. The standard InChI is InChI=1S/C17H25FO2/c1-4-11-20-17-10-8-14(18)12-16(17)13(5-2)7-9-15(19)6-3/h8,10,12-13H,4-7,9,11H2,1-3H3. The molecule has 1 rings (SSSR count). The highest BCUT2D eigenvalue weighted by molar-refractivity contribution is 5.78. The van der Waals surface area contributed by atoms with Crippen LogP contribution in [0.5, 0.6) is 5.75 Å². The lowest BCUT2D eigenvalue weighted by atomic mass is 9.90.